The molecule has 2 aromatic carbocycles. The van der Waals surface area contributed by atoms with Crippen molar-refractivity contribution in [1.29, 1.82) is 0 Å². The topological polar surface area (TPSA) is 35.2 Å². The maximum Gasteiger partial charge on any atom is 0.185 e. The Labute approximate surface area is 196 Å². The first-order chi connectivity index (χ1) is 15.5. The van der Waals surface area contributed by atoms with Crippen molar-refractivity contribution in [2.45, 2.75) is 6.54 Å². The second kappa shape index (κ2) is 9.54. The van der Waals surface area contributed by atoms with Gasteiger partial charge in [-0.2, -0.15) is 0 Å². The molecule has 5 nitrogen and oxygen atoms in total. The number of aromatic nitrogens is 3. The summed E-state index contributed by atoms with van der Waals surface area (Å²) in [6.45, 7) is 1.37. The SMILES string of the molecule is COc1ccc(F)cc1-c1cn(CCN(C)c2ccncc2)c(=S)n1-c1ccc(Cl)cc1. The lowest BCUT2D eigenvalue weighted by atomic mass is 10.1. The predicted molar refractivity (Wildman–Crippen MR) is 129 cm³/mol. The zero-order valence-electron chi connectivity index (χ0n) is 17.7. The van der Waals surface area contributed by atoms with Gasteiger partial charge >= 0.3 is 0 Å². The molecule has 0 atom stereocenters. The fourth-order valence-electron chi connectivity index (χ4n) is 3.55. The molecular weight excluding hydrogens is 447 g/mol. The zero-order chi connectivity index (χ0) is 22.7. The van der Waals surface area contributed by atoms with Crippen molar-refractivity contribution in [3.8, 4) is 22.7 Å². The summed E-state index contributed by atoms with van der Waals surface area (Å²) in [7, 11) is 3.59. The number of nitrogens with zero attached hydrogens (tertiary/aromatic N) is 4. The number of ether oxygens (including phenoxy) is 1. The summed E-state index contributed by atoms with van der Waals surface area (Å²) in [6, 6.07) is 15.8. The van der Waals surface area contributed by atoms with Gasteiger partial charge in [-0.25, -0.2) is 4.39 Å². The first-order valence-corrected chi connectivity index (χ1v) is 10.8. The Balaban J connectivity index is 1.78. The quantitative estimate of drug-likeness (QED) is 0.311. The summed E-state index contributed by atoms with van der Waals surface area (Å²) in [4.78, 5) is 6.20. The monoisotopic (exact) mass is 468 g/mol. The standard InChI is InChI=1S/C24H22ClFN4OS/c1-28(19-9-11-27-12-10-19)13-14-29-16-22(21-15-18(26)5-8-23(21)31-2)30(24(29)32)20-6-3-17(25)4-7-20/h3-12,15-16H,13-14H2,1-2H3. The second-order valence-electron chi connectivity index (χ2n) is 7.27. The smallest absolute Gasteiger partial charge is 0.185 e. The average molecular weight is 469 g/mol. The van der Waals surface area contributed by atoms with Crippen molar-refractivity contribution in [3.63, 3.8) is 0 Å². The van der Waals surface area contributed by atoms with Crippen LogP contribution in [0.2, 0.25) is 5.02 Å². The maximum atomic E-state index is 14.2. The normalized spacial score (nSPS) is 10.9. The predicted octanol–water partition coefficient (Wildman–Crippen LogP) is 6.01. The van der Waals surface area contributed by atoms with Crippen LogP contribution in [0, 0.1) is 10.6 Å². The molecule has 4 rings (SSSR count). The number of hydrogen-bond acceptors (Lipinski definition) is 4. The highest BCUT2D eigenvalue weighted by atomic mass is 35.5. The lowest BCUT2D eigenvalue weighted by Gasteiger charge is -2.19. The van der Waals surface area contributed by atoms with Gasteiger partial charge in [-0.1, -0.05) is 11.6 Å². The van der Waals surface area contributed by atoms with Crippen molar-refractivity contribution >= 4 is 29.5 Å². The highest BCUT2D eigenvalue weighted by Gasteiger charge is 2.17. The molecule has 0 amide bonds. The van der Waals surface area contributed by atoms with E-state index in [9.17, 15) is 4.39 Å². The van der Waals surface area contributed by atoms with Gasteiger partial charge in [0, 0.05) is 60.7 Å². The van der Waals surface area contributed by atoms with E-state index < -0.39 is 0 Å². The second-order valence-corrected chi connectivity index (χ2v) is 8.08. The molecule has 0 fully saturated rings. The summed E-state index contributed by atoms with van der Waals surface area (Å²) in [6.07, 6.45) is 5.47. The lowest BCUT2D eigenvalue weighted by Crippen LogP contribution is -2.22. The van der Waals surface area contributed by atoms with Crippen molar-refractivity contribution in [3.05, 3.63) is 88.8 Å². The lowest BCUT2D eigenvalue weighted by molar-refractivity contribution is 0.415. The first kappa shape index (κ1) is 22.0. The largest absolute Gasteiger partial charge is 0.496 e. The number of hydrogen-bond donors (Lipinski definition) is 0. The number of imidazole rings is 1. The molecule has 0 N–H and O–H groups in total. The third-order valence-corrected chi connectivity index (χ3v) is 5.93. The van der Waals surface area contributed by atoms with Crippen LogP contribution in [0.1, 0.15) is 0 Å². The van der Waals surface area contributed by atoms with Gasteiger partial charge in [0.25, 0.3) is 0 Å². The van der Waals surface area contributed by atoms with E-state index in [4.69, 9.17) is 28.6 Å². The van der Waals surface area contributed by atoms with E-state index in [1.165, 1.54) is 12.1 Å². The molecule has 0 aliphatic carbocycles. The molecule has 0 spiro atoms. The molecule has 2 aromatic heterocycles. The summed E-state index contributed by atoms with van der Waals surface area (Å²) in [5.74, 6) is 0.217. The molecule has 0 aliphatic heterocycles. The molecule has 8 heteroatoms. The Hall–Kier alpha value is -3.16. The summed E-state index contributed by atoms with van der Waals surface area (Å²) < 4.78 is 24.2. The van der Waals surface area contributed by atoms with Crippen LogP contribution in [-0.4, -0.2) is 34.8 Å². The highest BCUT2D eigenvalue weighted by Crippen LogP contribution is 2.33. The minimum Gasteiger partial charge on any atom is -0.496 e. The van der Waals surface area contributed by atoms with E-state index in [0.29, 0.717) is 27.7 Å². The number of rotatable bonds is 7. The summed E-state index contributed by atoms with van der Waals surface area (Å²) in [5.41, 5.74) is 3.26. The van der Waals surface area contributed by atoms with E-state index in [-0.39, 0.29) is 5.82 Å². The number of halogens is 2. The third kappa shape index (κ3) is 4.54. The van der Waals surface area contributed by atoms with Crippen LogP contribution >= 0.6 is 23.8 Å². The number of anilines is 1. The molecule has 0 saturated heterocycles. The van der Waals surface area contributed by atoms with Gasteiger partial charge in [0.1, 0.15) is 11.6 Å². The molecule has 32 heavy (non-hydrogen) atoms. The number of likely N-dealkylation sites (N-methyl/N-ethyl adjacent to an activating group) is 1. The Kier molecular flexibility index (Phi) is 6.58. The van der Waals surface area contributed by atoms with E-state index in [2.05, 4.69) is 9.88 Å². The third-order valence-electron chi connectivity index (χ3n) is 5.26. The fourth-order valence-corrected chi connectivity index (χ4v) is 4.02. The Morgan fingerprint density at radius 3 is 2.50 bits per heavy atom. The van der Waals surface area contributed by atoms with Crippen molar-refractivity contribution in [2.24, 2.45) is 0 Å². The molecule has 0 aliphatic rings. The molecule has 164 valence electrons. The van der Waals surface area contributed by atoms with Gasteiger partial charge in [0.05, 0.1) is 12.8 Å². The first-order valence-electron chi connectivity index (χ1n) is 10.0. The van der Waals surface area contributed by atoms with Crippen LogP contribution in [-0.2, 0) is 6.54 Å². The van der Waals surface area contributed by atoms with E-state index in [1.807, 2.05) is 46.6 Å². The van der Waals surface area contributed by atoms with Crippen LogP contribution in [0.3, 0.4) is 0 Å². The van der Waals surface area contributed by atoms with Gasteiger partial charge in [-0.3, -0.25) is 9.55 Å². The number of pyridine rings is 1. The summed E-state index contributed by atoms with van der Waals surface area (Å²) >= 11 is 11.9. The molecule has 0 unspecified atom stereocenters. The Morgan fingerprint density at radius 2 is 1.81 bits per heavy atom. The van der Waals surface area contributed by atoms with Gasteiger partial charge in [0.15, 0.2) is 4.77 Å². The molecular formula is C24H22ClFN4OS. The van der Waals surface area contributed by atoms with Crippen LogP contribution in [0.4, 0.5) is 10.1 Å². The minimum absolute atomic E-state index is 0.348. The van der Waals surface area contributed by atoms with Crippen molar-refractivity contribution in [1.82, 2.24) is 14.1 Å². The van der Waals surface area contributed by atoms with Crippen molar-refractivity contribution in [2.75, 3.05) is 25.6 Å². The molecule has 2 heterocycles. The van der Waals surface area contributed by atoms with Crippen molar-refractivity contribution < 1.29 is 9.13 Å². The van der Waals surface area contributed by atoms with Gasteiger partial charge in [0.2, 0.25) is 0 Å². The number of methoxy groups -OCH3 is 1. The Bertz CT molecular complexity index is 1270. The van der Waals surface area contributed by atoms with Crippen LogP contribution in [0.5, 0.6) is 5.75 Å². The van der Waals surface area contributed by atoms with E-state index in [0.717, 1.165) is 23.6 Å². The molecule has 4 aromatic rings. The van der Waals surface area contributed by atoms with Crippen LogP contribution < -0.4 is 9.64 Å². The molecule has 0 saturated carbocycles. The Morgan fingerprint density at radius 1 is 1.09 bits per heavy atom. The minimum atomic E-state index is -0.348. The maximum absolute atomic E-state index is 14.2. The van der Waals surface area contributed by atoms with Crippen LogP contribution in [0.15, 0.2) is 73.2 Å². The van der Waals surface area contributed by atoms with E-state index in [1.54, 1.807) is 37.7 Å². The highest BCUT2D eigenvalue weighted by molar-refractivity contribution is 7.71. The molecule has 0 bridgehead atoms. The van der Waals surface area contributed by atoms with Crippen LogP contribution in [0.25, 0.3) is 16.9 Å². The van der Waals surface area contributed by atoms with E-state index >= 15 is 0 Å². The fraction of sp³-hybridized carbons (Fsp3) is 0.167. The van der Waals surface area contributed by atoms with Gasteiger partial charge in [-0.05, 0) is 66.8 Å². The van der Waals surface area contributed by atoms with Gasteiger partial charge in [-0.15, -0.1) is 0 Å². The summed E-state index contributed by atoms with van der Waals surface area (Å²) in [5, 5.41) is 0.628. The average Bonchev–Trinajstić information content (AvgIpc) is 3.14. The zero-order valence-corrected chi connectivity index (χ0v) is 19.3. The number of benzene rings is 2. The molecule has 0 radical (unpaired) electrons. The van der Waals surface area contributed by atoms with Gasteiger partial charge < -0.3 is 14.2 Å².